The highest BCUT2D eigenvalue weighted by Gasteiger charge is 2.41. The molecule has 3 aliphatic rings. The third-order valence-electron chi connectivity index (χ3n) is 6.07. The van der Waals surface area contributed by atoms with Crippen LogP contribution in [0.25, 0.3) is 11.2 Å². The van der Waals surface area contributed by atoms with E-state index in [1.54, 1.807) is 0 Å². The Morgan fingerprint density at radius 1 is 1.19 bits per heavy atom. The molecule has 2 aromatic heterocycles. The third-order valence-corrected chi connectivity index (χ3v) is 6.40. The number of nitrogens with zero attached hydrogens (tertiary/aromatic N) is 4. The average Bonchev–Trinajstić information content (AvgIpc) is 3.07. The fraction of sp³-hybridized carbons (Fsp3) is 0.667. The molecule has 138 valence electrons. The van der Waals surface area contributed by atoms with Gasteiger partial charge in [0.25, 0.3) is 0 Å². The van der Waals surface area contributed by atoms with Gasteiger partial charge in [0.1, 0.15) is 10.5 Å². The smallest absolute Gasteiger partial charge is 0.225 e. The van der Waals surface area contributed by atoms with Crippen LogP contribution in [0.5, 0.6) is 0 Å². The van der Waals surface area contributed by atoms with Crippen LogP contribution in [0.2, 0.25) is 0 Å². The normalized spacial score (nSPS) is 25.1. The van der Waals surface area contributed by atoms with Crippen LogP contribution in [-0.2, 0) is 5.54 Å². The predicted octanol–water partition coefficient (Wildman–Crippen LogP) is 1.93. The summed E-state index contributed by atoms with van der Waals surface area (Å²) in [6.45, 7) is 2.94. The Morgan fingerprint density at radius 2 is 2.08 bits per heavy atom. The van der Waals surface area contributed by atoms with Crippen LogP contribution in [-0.4, -0.2) is 50.2 Å². The van der Waals surface area contributed by atoms with Crippen molar-refractivity contribution in [3.8, 4) is 0 Å². The van der Waals surface area contributed by atoms with Gasteiger partial charge in [0, 0.05) is 19.1 Å². The molecule has 0 aromatic carbocycles. The van der Waals surface area contributed by atoms with E-state index >= 15 is 0 Å². The lowest BCUT2D eigenvalue weighted by molar-refractivity contribution is 0.192. The quantitative estimate of drug-likeness (QED) is 0.696. The molecule has 1 aliphatic carbocycles. The van der Waals surface area contributed by atoms with E-state index in [-0.39, 0.29) is 5.54 Å². The van der Waals surface area contributed by atoms with Crippen molar-refractivity contribution in [2.75, 3.05) is 25.0 Å². The topological polar surface area (TPSA) is 79.7 Å². The molecule has 1 atom stereocenters. The second-order valence-electron chi connectivity index (χ2n) is 7.83. The SMILES string of the molecule is S=C1NCC2(CCCCC2)n2c1nc1cnc(N[C@H]3CCCNC3)nc12. The monoisotopic (exact) mass is 371 g/mol. The van der Waals surface area contributed by atoms with E-state index in [4.69, 9.17) is 22.2 Å². The van der Waals surface area contributed by atoms with Gasteiger partial charge in [-0.2, -0.15) is 4.98 Å². The first-order valence-electron chi connectivity index (χ1n) is 9.77. The number of hydrogen-bond donors (Lipinski definition) is 3. The Kier molecular flexibility index (Phi) is 4.04. The summed E-state index contributed by atoms with van der Waals surface area (Å²) in [6.07, 6.45) is 10.3. The number of fused-ring (bicyclic) bond motifs is 4. The van der Waals surface area contributed by atoms with Crippen molar-refractivity contribution < 1.29 is 0 Å². The highest BCUT2D eigenvalue weighted by Crippen LogP contribution is 2.39. The minimum absolute atomic E-state index is 0.0443. The number of anilines is 1. The fourth-order valence-corrected chi connectivity index (χ4v) is 4.93. The standard InChI is InChI=1S/C18H25N7S/c26-16-15-23-13-10-20-17(22-12-5-4-8-19-9-12)24-14(13)25(15)18(11-21-16)6-2-1-3-7-18/h10,12,19H,1-9,11H2,(H,21,26)(H,20,22,24)/t12-/m0/s1. The first-order chi connectivity index (χ1) is 12.8. The first kappa shape index (κ1) is 16.4. The minimum Gasteiger partial charge on any atom is -0.371 e. The van der Waals surface area contributed by atoms with Crippen LogP contribution in [0.1, 0.15) is 50.8 Å². The molecule has 1 spiro atoms. The van der Waals surface area contributed by atoms with Crippen LogP contribution in [0.15, 0.2) is 6.20 Å². The zero-order valence-electron chi connectivity index (χ0n) is 14.9. The average molecular weight is 372 g/mol. The number of aromatic nitrogens is 4. The van der Waals surface area contributed by atoms with Crippen molar-refractivity contribution in [3.63, 3.8) is 0 Å². The van der Waals surface area contributed by atoms with Crippen molar-refractivity contribution in [1.82, 2.24) is 30.2 Å². The summed E-state index contributed by atoms with van der Waals surface area (Å²) >= 11 is 5.55. The number of hydrogen-bond acceptors (Lipinski definition) is 6. The maximum absolute atomic E-state index is 5.55. The Labute approximate surface area is 158 Å². The lowest BCUT2D eigenvalue weighted by atomic mass is 9.80. The molecule has 26 heavy (non-hydrogen) atoms. The van der Waals surface area contributed by atoms with Crippen molar-refractivity contribution in [2.45, 2.75) is 56.5 Å². The zero-order chi connectivity index (χ0) is 17.6. The molecular formula is C18H25N7S. The number of nitrogens with one attached hydrogen (secondary N) is 3. The summed E-state index contributed by atoms with van der Waals surface area (Å²) in [4.78, 5) is 14.9. The van der Waals surface area contributed by atoms with Gasteiger partial charge in [-0.15, -0.1) is 0 Å². The van der Waals surface area contributed by atoms with E-state index in [9.17, 15) is 0 Å². The number of rotatable bonds is 2. The second-order valence-corrected chi connectivity index (χ2v) is 8.24. The highest BCUT2D eigenvalue weighted by atomic mass is 32.1. The van der Waals surface area contributed by atoms with Gasteiger partial charge in [0.2, 0.25) is 5.95 Å². The maximum Gasteiger partial charge on any atom is 0.225 e. The molecule has 2 aromatic rings. The molecular weight excluding hydrogens is 346 g/mol. The summed E-state index contributed by atoms with van der Waals surface area (Å²) in [5, 5.41) is 10.3. The van der Waals surface area contributed by atoms with Crippen LogP contribution in [0.4, 0.5) is 5.95 Å². The van der Waals surface area contributed by atoms with Gasteiger partial charge in [0.05, 0.1) is 11.7 Å². The van der Waals surface area contributed by atoms with Gasteiger partial charge in [-0.25, -0.2) is 9.97 Å². The van der Waals surface area contributed by atoms with Crippen LogP contribution in [0, 0.1) is 0 Å². The molecule has 4 heterocycles. The molecule has 3 N–H and O–H groups in total. The molecule has 0 amide bonds. The van der Waals surface area contributed by atoms with E-state index in [0.29, 0.717) is 12.0 Å². The van der Waals surface area contributed by atoms with E-state index in [0.717, 1.165) is 60.9 Å². The van der Waals surface area contributed by atoms with Gasteiger partial charge in [-0.1, -0.05) is 31.5 Å². The summed E-state index contributed by atoms with van der Waals surface area (Å²) in [5.41, 5.74) is 1.80. The largest absolute Gasteiger partial charge is 0.371 e. The lowest BCUT2D eigenvalue weighted by Gasteiger charge is -2.42. The number of piperidine rings is 1. The molecule has 0 radical (unpaired) electrons. The van der Waals surface area contributed by atoms with Crippen molar-refractivity contribution in [3.05, 3.63) is 12.0 Å². The van der Waals surface area contributed by atoms with Crippen LogP contribution in [0.3, 0.4) is 0 Å². The van der Waals surface area contributed by atoms with Crippen molar-refractivity contribution >= 4 is 34.3 Å². The molecule has 7 nitrogen and oxygen atoms in total. The Hall–Kier alpha value is -1.80. The van der Waals surface area contributed by atoms with E-state index < -0.39 is 0 Å². The van der Waals surface area contributed by atoms with E-state index in [1.165, 1.54) is 25.7 Å². The van der Waals surface area contributed by atoms with E-state index in [1.807, 2.05) is 6.20 Å². The molecule has 8 heteroatoms. The Morgan fingerprint density at radius 3 is 2.88 bits per heavy atom. The second kappa shape index (κ2) is 6.42. The number of imidazole rings is 1. The summed E-state index contributed by atoms with van der Waals surface area (Å²) in [6, 6.07) is 0.385. The molecule has 0 bridgehead atoms. The van der Waals surface area contributed by atoms with E-state index in [2.05, 4.69) is 25.5 Å². The Bertz CT molecular complexity index is 833. The Balaban J connectivity index is 1.57. The lowest BCUT2D eigenvalue weighted by Crippen LogP contribution is -2.52. The minimum atomic E-state index is 0.0443. The van der Waals surface area contributed by atoms with Gasteiger partial charge < -0.3 is 16.0 Å². The van der Waals surface area contributed by atoms with Gasteiger partial charge in [0.15, 0.2) is 11.5 Å². The molecule has 1 saturated heterocycles. The fourth-order valence-electron chi connectivity index (χ4n) is 4.72. The molecule has 2 fully saturated rings. The third kappa shape index (κ3) is 2.66. The molecule has 1 saturated carbocycles. The van der Waals surface area contributed by atoms with Gasteiger partial charge in [-0.05, 0) is 32.2 Å². The van der Waals surface area contributed by atoms with Gasteiger partial charge >= 0.3 is 0 Å². The maximum atomic E-state index is 5.55. The van der Waals surface area contributed by atoms with Gasteiger partial charge in [-0.3, -0.25) is 4.57 Å². The predicted molar refractivity (Wildman–Crippen MR) is 106 cm³/mol. The highest BCUT2D eigenvalue weighted by molar-refractivity contribution is 7.80. The molecule has 0 unspecified atom stereocenters. The van der Waals surface area contributed by atoms with Crippen LogP contribution < -0.4 is 16.0 Å². The van der Waals surface area contributed by atoms with Crippen molar-refractivity contribution in [1.29, 1.82) is 0 Å². The molecule has 5 rings (SSSR count). The summed E-state index contributed by atoms with van der Waals surface area (Å²) in [7, 11) is 0. The summed E-state index contributed by atoms with van der Waals surface area (Å²) in [5.74, 6) is 1.55. The summed E-state index contributed by atoms with van der Waals surface area (Å²) < 4.78 is 2.33. The zero-order valence-corrected chi connectivity index (χ0v) is 15.7. The first-order valence-corrected chi connectivity index (χ1v) is 10.2. The van der Waals surface area contributed by atoms with Crippen molar-refractivity contribution in [2.24, 2.45) is 0 Å². The molecule has 2 aliphatic heterocycles. The van der Waals surface area contributed by atoms with Crippen LogP contribution >= 0.6 is 12.2 Å². The number of thiocarbonyl (C=S) groups is 1.